The molecule has 0 bridgehead atoms. The lowest BCUT2D eigenvalue weighted by molar-refractivity contribution is -0.134. The van der Waals surface area contributed by atoms with Gasteiger partial charge in [-0.3, -0.25) is 9.59 Å². The van der Waals surface area contributed by atoms with E-state index in [9.17, 15) is 9.59 Å². The van der Waals surface area contributed by atoms with Crippen molar-refractivity contribution >= 4 is 17.4 Å². The molecule has 92 valence electrons. The normalized spacial score (nSPS) is 9.94. The van der Waals surface area contributed by atoms with Crippen molar-refractivity contribution < 1.29 is 9.59 Å². The maximum absolute atomic E-state index is 11.5. The largest absolute Gasteiger partial charge is 0.319 e. The number of carbonyl (C=O) groups excluding carboxylic acids is 2. The van der Waals surface area contributed by atoms with Crippen LogP contribution < -0.4 is 5.32 Å². The molecule has 1 amide bonds. The summed E-state index contributed by atoms with van der Waals surface area (Å²) in [4.78, 5) is 23.0. The molecule has 0 fully saturated rings. The molecule has 0 radical (unpaired) electrons. The van der Waals surface area contributed by atoms with Gasteiger partial charge in [-0.25, -0.2) is 0 Å². The Morgan fingerprint density at radius 3 is 2.41 bits per heavy atom. The van der Waals surface area contributed by atoms with E-state index in [0.29, 0.717) is 12.1 Å². The molecule has 0 unspecified atom stereocenters. The lowest BCUT2D eigenvalue weighted by atomic mass is 10.1. The molecule has 0 aliphatic rings. The molecule has 0 aromatic heterocycles. The number of anilines is 1. The maximum atomic E-state index is 11.5. The summed E-state index contributed by atoms with van der Waals surface area (Å²) in [6.07, 6.45) is 4.41. The highest BCUT2D eigenvalue weighted by molar-refractivity contribution is 6.40. The van der Waals surface area contributed by atoms with Crippen LogP contribution >= 0.6 is 0 Å². The number of benzene rings is 1. The minimum Gasteiger partial charge on any atom is -0.319 e. The van der Waals surface area contributed by atoms with E-state index >= 15 is 0 Å². The zero-order valence-corrected chi connectivity index (χ0v) is 10.2. The lowest BCUT2D eigenvalue weighted by Crippen LogP contribution is -2.22. The molecule has 1 aromatic carbocycles. The number of hydrogen-bond acceptors (Lipinski definition) is 2. The van der Waals surface area contributed by atoms with Crippen molar-refractivity contribution in [2.45, 2.75) is 39.0 Å². The summed E-state index contributed by atoms with van der Waals surface area (Å²) in [5.41, 5.74) is 0.666. The molecule has 0 aliphatic heterocycles. The molecule has 0 atom stereocenters. The van der Waals surface area contributed by atoms with Gasteiger partial charge in [-0.15, -0.1) is 0 Å². The zero-order chi connectivity index (χ0) is 12.5. The first-order chi connectivity index (χ1) is 8.24. The minimum atomic E-state index is -0.507. The van der Waals surface area contributed by atoms with Gasteiger partial charge < -0.3 is 5.32 Å². The Kier molecular flexibility index (Phi) is 6.00. The van der Waals surface area contributed by atoms with E-state index in [4.69, 9.17) is 0 Å². The van der Waals surface area contributed by atoms with Crippen LogP contribution in [0.2, 0.25) is 0 Å². The van der Waals surface area contributed by atoms with Gasteiger partial charge in [0.1, 0.15) is 0 Å². The fourth-order valence-corrected chi connectivity index (χ4v) is 1.55. The molecule has 1 rings (SSSR count). The van der Waals surface area contributed by atoms with Gasteiger partial charge in [0.15, 0.2) is 0 Å². The summed E-state index contributed by atoms with van der Waals surface area (Å²) >= 11 is 0. The molecule has 0 saturated carbocycles. The van der Waals surface area contributed by atoms with E-state index in [1.807, 2.05) is 18.2 Å². The van der Waals surface area contributed by atoms with Crippen LogP contribution in [0.5, 0.6) is 0 Å². The molecule has 0 saturated heterocycles. The molecule has 0 spiro atoms. The van der Waals surface area contributed by atoms with Crippen LogP contribution in [0.25, 0.3) is 0 Å². The van der Waals surface area contributed by atoms with Crippen molar-refractivity contribution in [2.24, 2.45) is 0 Å². The number of para-hydroxylation sites is 1. The number of amides is 1. The smallest absolute Gasteiger partial charge is 0.291 e. The Hall–Kier alpha value is -1.64. The van der Waals surface area contributed by atoms with Crippen LogP contribution in [-0.2, 0) is 9.59 Å². The molecule has 17 heavy (non-hydrogen) atoms. The molecule has 3 heteroatoms. The maximum Gasteiger partial charge on any atom is 0.291 e. The molecule has 1 aromatic rings. The van der Waals surface area contributed by atoms with Gasteiger partial charge in [0.05, 0.1) is 0 Å². The summed E-state index contributed by atoms with van der Waals surface area (Å²) in [6, 6.07) is 9.04. The number of unbranched alkanes of at least 4 members (excludes halogenated alkanes) is 3. The third-order valence-corrected chi connectivity index (χ3v) is 2.54. The van der Waals surface area contributed by atoms with Crippen LogP contribution in [0.15, 0.2) is 30.3 Å². The number of Topliss-reactive ketones (excluding diaryl/α,β-unsaturated/α-hetero) is 1. The van der Waals surface area contributed by atoms with E-state index in [1.54, 1.807) is 12.1 Å². The first-order valence-electron chi connectivity index (χ1n) is 6.13. The van der Waals surface area contributed by atoms with Gasteiger partial charge in [0, 0.05) is 12.1 Å². The second-order valence-electron chi connectivity index (χ2n) is 4.05. The van der Waals surface area contributed by atoms with Gasteiger partial charge in [-0.05, 0) is 18.6 Å². The first kappa shape index (κ1) is 13.4. The van der Waals surface area contributed by atoms with Crippen LogP contribution in [-0.4, -0.2) is 11.7 Å². The fourth-order valence-electron chi connectivity index (χ4n) is 1.55. The van der Waals surface area contributed by atoms with E-state index in [-0.39, 0.29) is 5.78 Å². The fraction of sp³-hybridized carbons (Fsp3) is 0.429. The molecule has 0 heterocycles. The standard InChI is InChI=1S/C14H19NO2/c1-2-3-4-8-11-13(16)14(17)15-12-9-6-5-7-10-12/h5-7,9-10H,2-4,8,11H2,1H3,(H,15,17). The monoisotopic (exact) mass is 233 g/mol. The van der Waals surface area contributed by atoms with E-state index in [2.05, 4.69) is 12.2 Å². The van der Waals surface area contributed by atoms with Crippen LogP contribution in [0.1, 0.15) is 39.0 Å². The third-order valence-electron chi connectivity index (χ3n) is 2.54. The summed E-state index contributed by atoms with van der Waals surface area (Å²) in [5.74, 6) is -0.836. The van der Waals surface area contributed by atoms with E-state index in [1.165, 1.54) is 0 Å². The summed E-state index contributed by atoms with van der Waals surface area (Å²) in [5, 5.41) is 2.59. The third kappa shape index (κ3) is 5.29. The molecule has 0 aliphatic carbocycles. The summed E-state index contributed by atoms with van der Waals surface area (Å²) < 4.78 is 0. The Morgan fingerprint density at radius 1 is 1.06 bits per heavy atom. The van der Waals surface area contributed by atoms with Crippen LogP contribution in [0.4, 0.5) is 5.69 Å². The van der Waals surface area contributed by atoms with Crippen molar-refractivity contribution in [2.75, 3.05) is 5.32 Å². The summed E-state index contributed by atoms with van der Waals surface area (Å²) in [6.45, 7) is 2.12. The van der Waals surface area contributed by atoms with Gasteiger partial charge >= 0.3 is 0 Å². The van der Waals surface area contributed by atoms with Gasteiger partial charge in [0.25, 0.3) is 5.91 Å². The van der Waals surface area contributed by atoms with Crippen molar-refractivity contribution in [3.63, 3.8) is 0 Å². The molecule has 3 nitrogen and oxygen atoms in total. The van der Waals surface area contributed by atoms with Crippen molar-refractivity contribution in [1.29, 1.82) is 0 Å². The SMILES string of the molecule is CCCCCCC(=O)C(=O)Nc1ccccc1. The van der Waals surface area contributed by atoms with Gasteiger partial charge in [-0.2, -0.15) is 0 Å². The average Bonchev–Trinajstić information content (AvgIpc) is 2.35. The minimum absolute atomic E-state index is 0.329. The Labute approximate surface area is 102 Å². The van der Waals surface area contributed by atoms with Crippen molar-refractivity contribution in [3.8, 4) is 0 Å². The van der Waals surface area contributed by atoms with Crippen molar-refractivity contribution in [1.82, 2.24) is 0 Å². The first-order valence-corrected chi connectivity index (χ1v) is 6.13. The molecular formula is C14H19NO2. The molecule has 1 N–H and O–H groups in total. The van der Waals surface area contributed by atoms with E-state index < -0.39 is 5.91 Å². The predicted octanol–water partition coefficient (Wildman–Crippen LogP) is 3.16. The molecular weight excluding hydrogens is 214 g/mol. The average molecular weight is 233 g/mol. The number of ketones is 1. The zero-order valence-electron chi connectivity index (χ0n) is 10.2. The van der Waals surface area contributed by atoms with Crippen molar-refractivity contribution in [3.05, 3.63) is 30.3 Å². The quantitative estimate of drug-likeness (QED) is 0.581. The van der Waals surface area contributed by atoms with Gasteiger partial charge in [-0.1, -0.05) is 44.4 Å². The number of nitrogens with one attached hydrogen (secondary N) is 1. The summed E-state index contributed by atoms with van der Waals surface area (Å²) in [7, 11) is 0. The van der Waals surface area contributed by atoms with E-state index in [0.717, 1.165) is 25.7 Å². The number of hydrogen-bond donors (Lipinski definition) is 1. The highest BCUT2D eigenvalue weighted by atomic mass is 16.2. The second kappa shape index (κ2) is 7.60. The Morgan fingerprint density at radius 2 is 1.76 bits per heavy atom. The lowest BCUT2D eigenvalue weighted by Gasteiger charge is -2.03. The topological polar surface area (TPSA) is 46.2 Å². The predicted molar refractivity (Wildman–Crippen MR) is 68.8 cm³/mol. The van der Waals surface area contributed by atoms with Gasteiger partial charge in [0.2, 0.25) is 5.78 Å². The highest BCUT2D eigenvalue weighted by Crippen LogP contribution is 2.07. The van der Waals surface area contributed by atoms with Crippen LogP contribution in [0.3, 0.4) is 0 Å². The second-order valence-corrected chi connectivity index (χ2v) is 4.05. The van der Waals surface area contributed by atoms with Crippen LogP contribution in [0, 0.1) is 0 Å². The Balaban J connectivity index is 2.30. The highest BCUT2D eigenvalue weighted by Gasteiger charge is 2.12. The number of rotatable bonds is 7. The Bertz CT molecular complexity index is 360. The number of carbonyl (C=O) groups is 2.